The van der Waals surface area contributed by atoms with E-state index < -0.39 is 0 Å². The third-order valence-electron chi connectivity index (χ3n) is 6.73. The summed E-state index contributed by atoms with van der Waals surface area (Å²) in [4.78, 5) is 38.7. The predicted molar refractivity (Wildman–Crippen MR) is 143 cm³/mol. The van der Waals surface area contributed by atoms with Crippen LogP contribution in [-0.2, 0) is 0 Å². The average Bonchev–Trinajstić information content (AvgIpc) is 3.33. The molecule has 4 aromatic rings. The molecule has 7 nitrogen and oxygen atoms in total. The smallest absolute Gasteiger partial charge is 0.266 e. The van der Waals surface area contributed by atoms with Crippen LogP contribution in [0, 0.1) is 6.92 Å². The van der Waals surface area contributed by atoms with Gasteiger partial charge in [0.05, 0.1) is 21.8 Å². The largest absolute Gasteiger partial charge is 0.350 e. The lowest BCUT2D eigenvalue weighted by Crippen LogP contribution is -2.55. The molecule has 8 heteroatoms. The topological polar surface area (TPSA) is 87.2 Å². The number of nitrogens with one attached hydrogen (secondary N) is 2. The second-order valence-electron chi connectivity index (χ2n) is 9.04. The molecule has 1 fully saturated rings. The monoisotopic (exact) mass is 499 g/mol. The lowest BCUT2D eigenvalue weighted by Gasteiger charge is -2.39. The number of amides is 2. The molecule has 5 rings (SSSR count). The molecule has 1 aliphatic heterocycles. The van der Waals surface area contributed by atoms with Crippen LogP contribution in [-0.4, -0.2) is 58.9 Å². The summed E-state index contributed by atoms with van der Waals surface area (Å²) in [5.74, 6) is -0.216. The van der Waals surface area contributed by atoms with Crippen LogP contribution in [0.2, 0.25) is 0 Å². The summed E-state index contributed by atoms with van der Waals surface area (Å²) in [6, 6.07) is 19.3. The highest BCUT2D eigenvalue weighted by Crippen LogP contribution is 2.31. The highest BCUT2D eigenvalue weighted by Gasteiger charge is 2.34. The number of carbonyl (C=O) groups excluding carboxylic acids is 2. The Morgan fingerprint density at radius 2 is 1.86 bits per heavy atom. The van der Waals surface area contributed by atoms with E-state index in [1.165, 1.54) is 11.3 Å². The van der Waals surface area contributed by atoms with Crippen molar-refractivity contribution in [2.75, 3.05) is 20.1 Å². The van der Waals surface area contributed by atoms with E-state index in [1.807, 2.05) is 73.5 Å². The Morgan fingerprint density at radius 3 is 2.67 bits per heavy atom. The number of carbonyl (C=O) groups is 2. The Hall–Kier alpha value is -3.62. The predicted octanol–water partition coefficient (Wildman–Crippen LogP) is 4.29. The number of para-hydroxylation sites is 1. The average molecular weight is 500 g/mol. The van der Waals surface area contributed by atoms with Crippen molar-refractivity contribution in [3.05, 3.63) is 82.3 Å². The molecule has 0 spiro atoms. The highest BCUT2D eigenvalue weighted by molar-refractivity contribution is 7.14. The Bertz CT molecular complexity index is 1380. The van der Waals surface area contributed by atoms with Crippen molar-refractivity contribution in [1.29, 1.82) is 0 Å². The van der Waals surface area contributed by atoms with E-state index in [-0.39, 0.29) is 23.9 Å². The number of aryl methyl sites for hydroxylation is 1. The molecule has 2 amide bonds. The van der Waals surface area contributed by atoms with Gasteiger partial charge in [0.15, 0.2) is 0 Å². The number of likely N-dealkylation sites (tertiary alicyclic amines) is 1. The third kappa shape index (κ3) is 4.87. The van der Waals surface area contributed by atoms with E-state index in [9.17, 15) is 9.59 Å². The van der Waals surface area contributed by atoms with Gasteiger partial charge in [-0.15, -0.1) is 11.3 Å². The molecule has 2 atom stereocenters. The third-order valence-corrected chi connectivity index (χ3v) is 7.69. The number of rotatable bonds is 6. The summed E-state index contributed by atoms with van der Waals surface area (Å²) < 4.78 is 0. The Morgan fingerprint density at radius 1 is 1.06 bits per heavy atom. The van der Waals surface area contributed by atoms with Gasteiger partial charge in [-0.05, 0) is 38.9 Å². The fraction of sp³-hybridized carbons (Fsp3) is 0.286. The van der Waals surface area contributed by atoms with E-state index in [4.69, 9.17) is 0 Å². The number of pyridine rings is 1. The quantitative estimate of drug-likeness (QED) is 0.413. The van der Waals surface area contributed by atoms with Gasteiger partial charge in [-0.3, -0.25) is 14.6 Å². The maximum absolute atomic E-state index is 13.9. The summed E-state index contributed by atoms with van der Waals surface area (Å²) in [7, 11) is 1.93. The van der Waals surface area contributed by atoms with Gasteiger partial charge in [-0.2, -0.15) is 0 Å². The van der Waals surface area contributed by atoms with Gasteiger partial charge in [0.25, 0.3) is 11.8 Å². The lowest BCUT2D eigenvalue weighted by atomic mass is 9.97. The Labute approximate surface area is 214 Å². The van der Waals surface area contributed by atoms with Gasteiger partial charge in [-0.1, -0.05) is 48.5 Å². The summed E-state index contributed by atoms with van der Waals surface area (Å²) in [6.45, 7) is 2.88. The van der Waals surface area contributed by atoms with Crippen molar-refractivity contribution in [2.24, 2.45) is 0 Å². The first-order valence-corrected chi connectivity index (χ1v) is 13.0. The number of likely N-dealkylation sites (N-methyl/N-ethyl adjacent to an activating group) is 1. The van der Waals surface area contributed by atoms with Crippen LogP contribution in [0.1, 0.15) is 37.9 Å². The summed E-state index contributed by atoms with van der Waals surface area (Å²) >= 11 is 1.43. The maximum Gasteiger partial charge on any atom is 0.266 e. The maximum atomic E-state index is 13.9. The first-order chi connectivity index (χ1) is 17.5. The van der Waals surface area contributed by atoms with Crippen molar-refractivity contribution in [2.45, 2.75) is 31.8 Å². The molecule has 2 aromatic carbocycles. The first-order valence-electron chi connectivity index (χ1n) is 12.2. The molecule has 3 heterocycles. The molecule has 0 bridgehead atoms. The first kappa shape index (κ1) is 24.1. The number of fused-ring (bicyclic) bond motifs is 1. The second kappa shape index (κ2) is 10.6. The van der Waals surface area contributed by atoms with Gasteiger partial charge < -0.3 is 15.5 Å². The minimum atomic E-state index is -0.180. The molecule has 1 aliphatic rings. The highest BCUT2D eigenvalue weighted by atomic mass is 32.1. The molecule has 0 saturated carbocycles. The molecular weight excluding hydrogens is 470 g/mol. The van der Waals surface area contributed by atoms with Crippen molar-refractivity contribution < 1.29 is 9.59 Å². The number of hydrogen-bond acceptors (Lipinski definition) is 6. The SMILES string of the molecule is CNC1CCC(CNC(=O)c2cccc3cccnc23)N(C(=O)c2sc(C)nc2-c2ccccc2)C1. The van der Waals surface area contributed by atoms with E-state index in [2.05, 4.69) is 20.6 Å². The van der Waals surface area contributed by atoms with Gasteiger partial charge in [0, 0.05) is 42.3 Å². The standard InChI is InChI=1S/C28H29N5O2S/c1-18-32-25(20-8-4-3-5-9-20)26(36-18)28(35)33-17-21(29-2)13-14-22(33)16-31-27(34)23-12-6-10-19-11-7-15-30-24(19)23/h3-12,15,21-22,29H,13-14,16-17H2,1-2H3,(H,31,34). The molecule has 184 valence electrons. The number of hydrogen-bond donors (Lipinski definition) is 2. The molecule has 2 aromatic heterocycles. The van der Waals surface area contributed by atoms with Crippen LogP contribution in [0.3, 0.4) is 0 Å². The molecule has 2 unspecified atom stereocenters. The number of benzene rings is 2. The minimum Gasteiger partial charge on any atom is -0.350 e. The van der Waals surface area contributed by atoms with Gasteiger partial charge in [0.1, 0.15) is 4.88 Å². The van der Waals surface area contributed by atoms with Crippen LogP contribution in [0.25, 0.3) is 22.2 Å². The van der Waals surface area contributed by atoms with E-state index in [0.29, 0.717) is 29.0 Å². The lowest BCUT2D eigenvalue weighted by molar-refractivity contribution is 0.0567. The number of aromatic nitrogens is 2. The molecule has 2 N–H and O–H groups in total. The summed E-state index contributed by atoms with van der Waals surface area (Å²) in [6.07, 6.45) is 3.42. The number of thiazole rings is 1. The molecule has 36 heavy (non-hydrogen) atoms. The van der Waals surface area contributed by atoms with E-state index in [0.717, 1.165) is 34.5 Å². The fourth-order valence-corrected chi connectivity index (χ4v) is 5.71. The van der Waals surface area contributed by atoms with Crippen LogP contribution in [0.4, 0.5) is 0 Å². The van der Waals surface area contributed by atoms with Gasteiger partial charge >= 0.3 is 0 Å². The zero-order valence-electron chi connectivity index (χ0n) is 20.4. The zero-order chi connectivity index (χ0) is 25.1. The number of nitrogens with zero attached hydrogens (tertiary/aromatic N) is 3. The van der Waals surface area contributed by atoms with Crippen molar-refractivity contribution >= 4 is 34.1 Å². The fourth-order valence-electron chi connectivity index (χ4n) is 4.81. The number of piperidine rings is 1. The zero-order valence-corrected chi connectivity index (χ0v) is 21.2. The van der Waals surface area contributed by atoms with Gasteiger partial charge in [-0.25, -0.2) is 4.98 Å². The Balaban J connectivity index is 1.38. The molecule has 1 saturated heterocycles. The van der Waals surface area contributed by atoms with E-state index in [1.54, 1.807) is 12.3 Å². The molecule has 0 aliphatic carbocycles. The molecular formula is C28H29N5O2S. The van der Waals surface area contributed by atoms with Crippen molar-refractivity contribution in [3.63, 3.8) is 0 Å². The van der Waals surface area contributed by atoms with Crippen LogP contribution < -0.4 is 10.6 Å². The van der Waals surface area contributed by atoms with Crippen LogP contribution in [0.5, 0.6) is 0 Å². The summed E-state index contributed by atoms with van der Waals surface area (Å²) in [5.41, 5.74) is 2.87. The second-order valence-corrected chi connectivity index (χ2v) is 10.2. The van der Waals surface area contributed by atoms with E-state index >= 15 is 0 Å². The van der Waals surface area contributed by atoms with Crippen LogP contribution in [0.15, 0.2) is 66.9 Å². The minimum absolute atomic E-state index is 0.0366. The van der Waals surface area contributed by atoms with Gasteiger partial charge in [0.2, 0.25) is 0 Å². The molecule has 0 radical (unpaired) electrons. The van der Waals surface area contributed by atoms with Crippen molar-refractivity contribution in [1.82, 2.24) is 25.5 Å². The summed E-state index contributed by atoms with van der Waals surface area (Å²) in [5, 5.41) is 8.17. The van der Waals surface area contributed by atoms with Crippen LogP contribution >= 0.6 is 11.3 Å². The Kier molecular flexibility index (Phi) is 7.06. The van der Waals surface area contributed by atoms with Crippen molar-refractivity contribution in [3.8, 4) is 11.3 Å². The normalized spacial score (nSPS) is 17.8.